The first kappa shape index (κ1) is 22.9. The van der Waals surface area contributed by atoms with E-state index < -0.39 is 17.9 Å². The van der Waals surface area contributed by atoms with E-state index in [9.17, 15) is 19.8 Å². The summed E-state index contributed by atoms with van der Waals surface area (Å²) in [5.74, 6) is -1.81. The summed E-state index contributed by atoms with van der Waals surface area (Å²) in [5.41, 5.74) is 1.68. The normalized spacial score (nSPS) is 11.5. The van der Waals surface area contributed by atoms with Gasteiger partial charge in [-0.2, -0.15) is 5.26 Å². The van der Waals surface area contributed by atoms with Crippen molar-refractivity contribution in [3.05, 3.63) is 71.4 Å². The number of aromatic hydroxyl groups is 1. The predicted molar refractivity (Wildman–Crippen MR) is 92.5 cm³/mol. The molecule has 0 aliphatic rings. The second kappa shape index (κ2) is 10.9. The minimum atomic E-state index is -1.36. The van der Waals surface area contributed by atoms with E-state index in [0.717, 1.165) is 0 Å². The Morgan fingerprint density at radius 2 is 1.74 bits per heavy atom. The molecule has 3 N–H and O–H groups in total. The van der Waals surface area contributed by atoms with Gasteiger partial charge in [-0.1, -0.05) is 12.1 Å². The summed E-state index contributed by atoms with van der Waals surface area (Å²) < 4.78 is 0. The molecular formula is C19H16KN3O4. The number of hydrogen-bond donors (Lipinski definition) is 3. The molecule has 1 amide bonds. The van der Waals surface area contributed by atoms with Crippen LogP contribution in [0, 0.1) is 11.3 Å². The maximum absolute atomic E-state index is 12.0. The smallest absolute Gasteiger partial charge is 0.548 e. The Hall–Kier alpha value is -2.15. The molecule has 2 rings (SSSR count). The van der Waals surface area contributed by atoms with Crippen LogP contribution in [0.3, 0.4) is 0 Å². The summed E-state index contributed by atoms with van der Waals surface area (Å²) in [7, 11) is 0. The zero-order valence-electron chi connectivity index (χ0n) is 14.9. The fraction of sp³-hybridized carbons (Fsp3) is 0.105. The molecular weight excluding hydrogens is 373 g/mol. The number of aliphatic carboxylic acids is 1. The molecule has 0 spiro atoms. The van der Waals surface area contributed by atoms with Crippen LogP contribution < -0.4 is 67.1 Å². The van der Waals surface area contributed by atoms with Crippen molar-refractivity contribution in [1.82, 2.24) is 5.32 Å². The van der Waals surface area contributed by atoms with Crippen LogP contribution in [0.5, 0.6) is 5.75 Å². The van der Waals surface area contributed by atoms with E-state index in [1.54, 1.807) is 31.2 Å². The third-order valence-corrected chi connectivity index (χ3v) is 3.46. The molecule has 0 saturated carbocycles. The molecule has 0 unspecified atom stereocenters. The van der Waals surface area contributed by atoms with Crippen LogP contribution in [-0.2, 0) is 9.59 Å². The number of nitriles is 1. The number of phenols is 1. The molecule has 1 atom stereocenters. The predicted octanol–water partition coefficient (Wildman–Crippen LogP) is -1.81. The standard InChI is InChI=1S/C19H17N3O4.K/c1-12(10-17(24)22-15-6-2-13(11-20)3-7-15)21-18(19(25)26)14-4-8-16(23)9-5-14;/h2-10,18,21,23H,1H3,(H,22,24)(H,25,26);/q;+1/p-1/t18-;/m1./s1. The maximum Gasteiger partial charge on any atom is 1.00 e. The third-order valence-electron chi connectivity index (χ3n) is 3.46. The SMILES string of the molecule is CC(=CC(=O)Nc1ccc(C#N)cc1)N[C@@H](C(=O)[O-])c1ccc(O)cc1.[K+]. The van der Waals surface area contributed by atoms with Crippen molar-refractivity contribution in [3.63, 3.8) is 0 Å². The van der Waals surface area contributed by atoms with E-state index in [-0.39, 0.29) is 57.1 Å². The maximum atomic E-state index is 12.0. The second-order valence-electron chi connectivity index (χ2n) is 5.49. The van der Waals surface area contributed by atoms with Crippen LogP contribution in [0.15, 0.2) is 60.3 Å². The molecule has 132 valence electrons. The number of nitrogens with zero attached hydrogens (tertiary/aromatic N) is 1. The largest absolute Gasteiger partial charge is 1.00 e. The Kier molecular flexibility index (Phi) is 9.21. The van der Waals surface area contributed by atoms with Gasteiger partial charge >= 0.3 is 51.4 Å². The molecule has 0 saturated heterocycles. The number of carboxylic acids is 1. The molecule has 0 heterocycles. The van der Waals surface area contributed by atoms with Crippen LogP contribution in [0.25, 0.3) is 0 Å². The number of nitrogens with one attached hydrogen (secondary N) is 2. The van der Waals surface area contributed by atoms with Gasteiger partial charge in [-0.25, -0.2) is 0 Å². The zero-order valence-corrected chi connectivity index (χ0v) is 18.0. The summed E-state index contributed by atoms with van der Waals surface area (Å²) in [4.78, 5) is 23.4. The van der Waals surface area contributed by atoms with Gasteiger partial charge in [-0.3, -0.25) is 4.79 Å². The van der Waals surface area contributed by atoms with E-state index in [2.05, 4.69) is 10.6 Å². The van der Waals surface area contributed by atoms with Crippen LogP contribution in [-0.4, -0.2) is 17.0 Å². The van der Waals surface area contributed by atoms with E-state index in [1.807, 2.05) is 6.07 Å². The number of carbonyl (C=O) groups is 2. The molecule has 27 heavy (non-hydrogen) atoms. The van der Waals surface area contributed by atoms with Crippen molar-refractivity contribution in [2.24, 2.45) is 0 Å². The van der Waals surface area contributed by atoms with Crippen LogP contribution in [0.1, 0.15) is 24.1 Å². The van der Waals surface area contributed by atoms with Gasteiger partial charge in [-0.05, 0) is 48.9 Å². The molecule has 0 aliphatic carbocycles. The number of rotatable bonds is 6. The molecule has 0 fully saturated rings. The molecule has 8 heteroatoms. The monoisotopic (exact) mass is 389 g/mol. The number of benzene rings is 2. The van der Waals surface area contributed by atoms with Gasteiger partial charge in [-0.15, -0.1) is 0 Å². The first-order valence-corrected chi connectivity index (χ1v) is 7.65. The Bertz CT molecular complexity index is 871. The summed E-state index contributed by atoms with van der Waals surface area (Å²) in [6.07, 6.45) is 1.22. The minimum absolute atomic E-state index is 0. The van der Waals surface area contributed by atoms with Crippen molar-refractivity contribution >= 4 is 17.6 Å². The summed E-state index contributed by atoms with van der Waals surface area (Å²) in [5, 5.41) is 34.7. The van der Waals surface area contributed by atoms with Gasteiger partial charge in [0, 0.05) is 17.5 Å². The number of carboxylic acid groups (broad SMARTS) is 1. The quantitative estimate of drug-likeness (QED) is 0.395. The summed E-state index contributed by atoms with van der Waals surface area (Å²) in [6.45, 7) is 1.55. The second-order valence-corrected chi connectivity index (χ2v) is 5.49. The number of anilines is 1. The molecule has 2 aromatic carbocycles. The molecule has 0 aliphatic heterocycles. The number of allylic oxidation sites excluding steroid dienone is 1. The van der Waals surface area contributed by atoms with Gasteiger partial charge in [0.25, 0.3) is 0 Å². The molecule has 2 aromatic rings. The van der Waals surface area contributed by atoms with E-state index in [1.165, 1.54) is 30.3 Å². The van der Waals surface area contributed by atoms with Crippen LogP contribution >= 0.6 is 0 Å². The van der Waals surface area contributed by atoms with Gasteiger partial charge < -0.3 is 25.6 Å². The van der Waals surface area contributed by atoms with Gasteiger partial charge in [0.1, 0.15) is 5.75 Å². The fourth-order valence-corrected chi connectivity index (χ4v) is 2.22. The van der Waals surface area contributed by atoms with E-state index in [4.69, 9.17) is 5.26 Å². The topological polar surface area (TPSA) is 125 Å². The number of carbonyl (C=O) groups excluding carboxylic acids is 2. The van der Waals surface area contributed by atoms with Crippen molar-refractivity contribution in [1.29, 1.82) is 5.26 Å². The molecule has 0 bridgehead atoms. The first-order valence-electron chi connectivity index (χ1n) is 7.65. The number of hydrogen-bond acceptors (Lipinski definition) is 6. The van der Waals surface area contributed by atoms with Crippen molar-refractivity contribution in [2.45, 2.75) is 13.0 Å². The average molecular weight is 389 g/mol. The van der Waals surface area contributed by atoms with Gasteiger partial charge in [0.15, 0.2) is 0 Å². The summed E-state index contributed by atoms with van der Waals surface area (Å²) >= 11 is 0. The Morgan fingerprint density at radius 1 is 1.15 bits per heavy atom. The molecule has 7 nitrogen and oxygen atoms in total. The summed E-state index contributed by atoms with van der Waals surface area (Å²) in [6, 6.07) is 12.8. The van der Waals surface area contributed by atoms with Crippen LogP contribution in [0.2, 0.25) is 0 Å². The average Bonchev–Trinajstić information content (AvgIpc) is 2.61. The number of amides is 1. The van der Waals surface area contributed by atoms with E-state index >= 15 is 0 Å². The van der Waals surface area contributed by atoms with Gasteiger partial charge in [0.2, 0.25) is 5.91 Å². The Labute approximate surface area is 199 Å². The zero-order chi connectivity index (χ0) is 19.1. The van der Waals surface area contributed by atoms with Crippen LogP contribution in [0.4, 0.5) is 5.69 Å². The Morgan fingerprint density at radius 3 is 2.26 bits per heavy atom. The van der Waals surface area contributed by atoms with Crippen molar-refractivity contribution in [3.8, 4) is 11.8 Å². The van der Waals surface area contributed by atoms with Crippen molar-refractivity contribution < 1.29 is 71.2 Å². The molecule has 0 radical (unpaired) electrons. The Balaban J connectivity index is 0.00000364. The van der Waals surface area contributed by atoms with Gasteiger partial charge in [0.05, 0.1) is 23.6 Å². The first-order chi connectivity index (χ1) is 12.4. The van der Waals surface area contributed by atoms with Crippen molar-refractivity contribution in [2.75, 3.05) is 5.32 Å². The minimum Gasteiger partial charge on any atom is -0.548 e. The van der Waals surface area contributed by atoms with E-state index in [0.29, 0.717) is 22.5 Å². The molecule has 0 aromatic heterocycles. The fourth-order valence-electron chi connectivity index (χ4n) is 2.22. The number of phenolic OH excluding ortho intramolecular Hbond substituents is 1. The third kappa shape index (κ3) is 7.17.